The molecule has 1 saturated heterocycles. The number of hydrogen-bond donors (Lipinski definition) is 1. The Morgan fingerprint density at radius 1 is 1.47 bits per heavy atom. The largest absolute Gasteiger partial charge is 0.381 e. The fourth-order valence-corrected chi connectivity index (χ4v) is 2.43. The molecule has 1 aliphatic heterocycles. The van der Waals surface area contributed by atoms with Crippen molar-refractivity contribution in [1.82, 2.24) is 10.2 Å². The SMILES string of the molecule is CC(C)CC1COCCC1NC(=O)/C=C/CN(C)C. The van der Waals surface area contributed by atoms with Gasteiger partial charge in [0.15, 0.2) is 0 Å². The van der Waals surface area contributed by atoms with Crippen LogP contribution in [0.25, 0.3) is 0 Å². The van der Waals surface area contributed by atoms with Gasteiger partial charge < -0.3 is 15.0 Å². The maximum absolute atomic E-state index is 11.9. The van der Waals surface area contributed by atoms with Crippen LogP contribution in [-0.2, 0) is 9.53 Å². The zero-order chi connectivity index (χ0) is 14.3. The van der Waals surface area contributed by atoms with Crippen LogP contribution in [0.4, 0.5) is 0 Å². The lowest BCUT2D eigenvalue weighted by atomic mass is 9.88. The van der Waals surface area contributed by atoms with Crippen LogP contribution in [0.2, 0.25) is 0 Å². The fourth-order valence-electron chi connectivity index (χ4n) is 2.43. The van der Waals surface area contributed by atoms with Crippen LogP contribution in [0, 0.1) is 11.8 Å². The van der Waals surface area contributed by atoms with E-state index in [0.717, 1.165) is 32.6 Å². The summed E-state index contributed by atoms with van der Waals surface area (Å²) >= 11 is 0. The Balaban J connectivity index is 2.43. The molecule has 1 heterocycles. The Bertz CT molecular complexity index is 301. The van der Waals surface area contributed by atoms with Gasteiger partial charge in [-0.15, -0.1) is 0 Å². The summed E-state index contributed by atoms with van der Waals surface area (Å²) < 4.78 is 5.53. The lowest BCUT2D eigenvalue weighted by Crippen LogP contribution is -2.45. The third kappa shape index (κ3) is 6.73. The Kier molecular flexibility index (Phi) is 7.10. The summed E-state index contributed by atoms with van der Waals surface area (Å²) in [6.45, 7) is 6.73. The normalized spacial score (nSPS) is 24.3. The van der Waals surface area contributed by atoms with Crippen molar-refractivity contribution in [1.29, 1.82) is 0 Å². The molecule has 0 radical (unpaired) electrons. The summed E-state index contributed by atoms with van der Waals surface area (Å²) in [5.74, 6) is 1.10. The second kappa shape index (κ2) is 8.33. The minimum atomic E-state index is 0.0162. The molecule has 19 heavy (non-hydrogen) atoms. The molecule has 1 rings (SSSR count). The van der Waals surface area contributed by atoms with E-state index in [4.69, 9.17) is 4.74 Å². The number of hydrogen-bond acceptors (Lipinski definition) is 3. The molecule has 0 saturated carbocycles. The molecule has 1 aliphatic rings. The van der Waals surface area contributed by atoms with E-state index in [1.807, 2.05) is 25.1 Å². The van der Waals surface area contributed by atoms with Crippen molar-refractivity contribution in [2.75, 3.05) is 33.9 Å². The number of rotatable bonds is 6. The van der Waals surface area contributed by atoms with Crippen LogP contribution in [-0.4, -0.2) is 50.7 Å². The summed E-state index contributed by atoms with van der Waals surface area (Å²) in [5, 5.41) is 3.12. The van der Waals surface area contributed by atoms with Crippen molar-refractivity contribution >= 4 is 5.91 Å². The number of likely N-dealkylation sites (N-methyl/N-ethyl adjacent to an activating group) is 1. The molecule has 1 N–H and O–H groups in total. The van der Waals surface area contributed by atoms with E-state index in [-0.39, 0.29) is 11.9 Å². The van der Waals surface area contributed by atoms with Gasteiger partial charge in [-0.05, 0) is 32.9 Å². The summed E-state index contributed by atoms with van der Waals surface area (Å²) in [6.07, 6.45) is 5.56. The first-order valence-corrected chi connectivity index (χ1v) is 7.18. The molecule has 1 fully saturated rings. The van der Waals surface area contributed by atoms with E-state index in [9.17, 15) is 4.79 Å². The van der Waals surface area contributed by atoms with Crippen LogP contribution < -0.4 is 5.32 Å². The molecule has 0 aromatic rings. The van der Waals surface area contributed by atoms with Crippen LogP contribution in [0.1, 0.15) is 26.7 Å². The van der Waals surface area contributed by atoms with E-state index in [2.05, 4.69) is 19.2 Å². The third-order valence-corrected chi connectivity index (χ3v) is 3.32. The Hall–Kier alpha value is -0.870. The number of carbonyl (C=O) groups excluding carboxylic acids is 1. The van der Waals surface area contributed by atoms with Gasteiger partial charge in [-0.2, -0.15) is 0 Å². The summed E-state index contributed by atoms with van der Waals surface area (Å²) in [5.41, 5.74) is 0. The smallest absolute Gasteiger partial charge is 0.243 e. The predicted molar refractivity (Wildman–Crippen MR) is 78.0 cm³/mol. The quantitative estimate of drug-likeness (QED) is 0.745. The molecule has 1 amide bonds. The van der Waals surface area contributed by atoms with Gasteiger partial charge in [0.2, 0.25) is 5.91 Å². The van der Waals surface area contributed by atoms with Crippen molar-refractivity contribution < 1.29 is 9.53 Å². The average Bonchev–Trinajstić information content (AvgIpc) is 2.30. The van der Waals surface area contributed by atoms with Crippen molar-refractivity contribution in [2.45, 2.75) is 32.7 Å². The van der Waals surface area contributed by atoms with Gasteiger partial charge >= 0.3 is 0 Å². The topological polar surface area (TPSA) is 41.6 Å². The maximum Gasteiger partial charge on any atom is 0.243 e. The number of amides is 1. The van der Waals surface area contributed by atoms with Crippen LogP contribution >= 0.6 is 0 Å². The minimum Gasteiger partial charge on any atom is -0.381 e. The molecule has 0 aromatic carbocycles. The maximum atomic E-state index is 11.9. The van der Waals surface area contributed by atoms with E-state index in [1.165, 1.54) is 0 Å². The molecule has 2 atom stereocenters. The monoisotopic (exact) mass is 268 g/mol. The summed E-state index contributed by atoms with van der Waals surface area (Å²) in [4.78, 5) is 13.9. The van der Waals surface area contributed by atoms with Crippen LogP contribution in [0.15, 0.2) is 12.2 Å². The van der Waals surface area contributed by atoms with Gasteiger partial charge in [0, 0.05) is 31.2 Å². The summed E-state index contributed by atoms with van der Waals surface area (Å²) in [6, 6.07) is 0.257. The number of ether oxygens (including phenoxy) is 1. The molecular weight excluding hydrogens is 240 g/mol. The van der Waals surface area contributed by atoms with E-state index in [1.54, 1.807) is 6.08 Å². The highest BCUT2D eigenvalue weighted by Crippen LogP contribution is 2.22. The molecule has 0 spiro atoms. The Morgan fingerprint density at radius 2 is 2.21 bits per heavy atom. The number of nitrogens with zero attached hydrogens (tertiary/aromatic N) is 1. The minimum absolute atomic E-state index is 0.0162. The van der Waals surface area contributed by atoms with Gasteiger partial charge in [0.05, 0.1) is 6.61 Å². The second-order valence-electron chi connectivity index (χ2n) is 6.03. The van der Waals surface area contributed by atoms with E-state index in [0.29, 0.717) is 11.8 Å². The first-order chi connectivity index (χ1) is 8.99. The molecule has 0 bridgehead atoms. The van der Waals surface area contributed by atoms with Gasteiger partial charge in [0.1, 0.15) is 0 Å². The van der Waals surface area contributed by atoms with Gasteiger partial charge in [-0.25, -0.2) is 0 Å². The molecule has 0 aromatic heterocycles. The molecule has 110 valence electrons. The summed E-state index contributed by atoms with van der Waals surface area (Å²) in [7, 11) is 3.97. The number of nitrogens with one attached hydrogen (secondary N) is 1. The molecule has 4 heteroatoms. The van der Waals surface area contributed by atoms with E-state index < -0.39 is 0 Å². The molecule has 4 nitrogen and oxygen atoms in total. The highest BCUT2D eigenvalue weighted by atomic mass is 16.5. The molecule has 0 aliphatic carbocycles. The Morgan fingerprint density at radius 3 is 2.84 bits per heavy atom. The average molecular weight is 268 g/mol. The van der Waals surface area contributed by atoms with Crippen LogP contribution in [0.5, 0.6) is 0 Å². The molecule has 2 unspecified atom stereocenters. The first kappa shape index (κ1) is 16.2. The zero-order valence-corrected chi connectivity index (χ0v) is 12.7. The number of carbonyl (C=O) groups is 1. The van der Waals surface area contributed by atoms with Gasteiger partial charge in [-0.1, -0.05) is 19.9 Å². The van der Waals surface area contributed by atoms with Gasteiger partial charge in [0.25, 0.3) is 0 Å². The predicted octanol–water partition coefficient (Wildman–Crippen LogP) is 1.67. The van der Waals surface area contributed by atoms with E-state index >= 15 is 0 Å². The third-order valence-electron chi connectivity index (χ3n) is 3.32. The lowest BCUT2D eigenvalue weighted by Gasteiger charge is -2.33. The highest BCUT2D eigenvalue weighted by molar-refractivity contribution is 5.87. The highest BCUT2D eigenvalue weighted by Gasteiger charge is 2.27. The van der Waals surface area contributed by atoms with Crippen molar-refractivity contribution in [2.24, 2.45) is 11.8 Å². The van der Waals surface area contributed by atoms with Crippen molar-refractivity contribution in [3.05, 3.63) is 12.2 Å². The standard InChI is InChI=1S/C15H28N2O2/c1-12(2)10-13-11-19-9-7-14(13)16-15(18)6-5-8-17(3)4/h5-6,12-14H,7-11H2,1-4H3,(H,16,18)/b6-5+. The van der Waals surface area contributed by atoms with Gasteiger partial charge in [-0.3, -0.25) is 4.79 Å². The first-order valence-electron chi connectivity index (χ1n) is 7.18. The zero-order valence-electron chi connectivity index (χ0n) is 12.7. The second-order valence-corrected chi connectivity index (χ2v) is 6.03. The lowest BCUT2D eigenvalue weighted by molar-refractivity contribution is -0.118. The van der Waals surface area contributed by atoms with Crippen molar-refractivity contribution in [3.8, 4) is 0 Å². The fraction of sp³-hybridized carbons (Fsp3) is 0.800. The Labute approximate surface area is 117 Å². The van der Waals surface area contributed by atoms with Crippen LogP contribution in [0.3, 0.4) is 0 Å². The van der Waals surface area contributed by atoms with Crippen molar-refractivity contribution in [3.63, 3.8) is 0 Å². The molecular formula is C15H28N2O2.